The maximum atomic E-state index is 13.7. The van der Waals surface area contributed by atoms with Crippen LogP contribution in [0.25, 0.3) is 0 Å². The molecule has 0 saturated heterocycles. The van der Waals surface area contributed by atoms with E-state index in [0.717, 1.165) is 6.07 Å². The van der Waals surface area contributed by atoms with Crippen molar-refractivity contribution in [2.24, 2.45) is 5.92 Å². The van der Waals surface area contributed by atoms with Gasteiger partial charge < -0.3 is 5.73 Å². The van der Waals surface area contributed by atoms with E-state index in [0.29, 0.717) is 0 Å². The van der Waals surface area contributed by atoms with E-state index in [4.69, 9.17) is 17.3 Å². The van der Waals surface area contributed by atoms with Crippen molar-refractivity contribution >= 4 is 27.3 Å². The summed E-state index contributed by atoms with van der Waals surface area (Å²) in [7, 11) is -3.97. The van der Waals surface area contributed by atoms with Crippen molar-refractivity contribution in [2.45, 2.75) is 31.7 Å². The average molecular weight is 295 g/mol. The third-order valence-corrected chi connectivity index (χ3v) is 4.48. The highest BCUT2D eigenvalue weighted by Crippen LogP contribution is 2.26. The molecular weight excluding hydrogens is 279 g/mol. The second kappa shape index (κ2) is 5.42. The molecule has 0 bridgehead atoms. The number of hydrogen-bond acceptors (Lipinski definition) is 3. The van der Waals surface area contributed by atoms with Gasteiger partial charge in [0.25, 0.3) is 0 Å². The minimum absolute atomic E-state index is 0.0827. The van der Waals surface area contributed by atoms with Crippen LogP contribution in [0.15, 0.2) is 17.0 Å². The number of anilines is 1. The molecule has 0 amide bonds. The molecule has 0 radical (unpaired) electrons. The lowest BCUT2D eigenvalue weighted by Gasteiger charge is -2.18. The molecule has 3 N–H and O–H groups in total. The highest BCUT2D eigenvalue weighted by Gasteiger charge is 2.24. The van der Waals surface area contributed by atoms with Gasteiger partial charge in [-0.15, -0.1) is 0 Å². The second-order valence-electron chi connectivity index (χ2n) is 4.47. The number of halogens is 2. The molecule has 0 aliphatic carbocycles. The quantitative estimate of drug-likeness (QED) is 0.838. The zero-order valence-electron chi connectivity index (χ0n) is 10.4. The van der Waals surface area contributed by atoms with Gasteiger partial charge in [0.2, 0.25) is 10.0 Å². The summed E-state index contributed by atoms with van der Waals surface area (Å²) in [6, 6.07) is 1.90. The van der Waals surface area contributed by atoms with Crippen LogP contribution in [-0.4, -0.2) is 14.5 Å². The fourth-order valence-corrected chi connectivity index (χ4v) is 3.03. The summed E-state index contributed by atoms with van der Waals surface area (Å²) in [4.78, 5) is -0.528. The monoisotopic (exact) mass is 294 g/mol. The number of sulfonamides is 1. The van der Waals surface area contributed by atoms with Crippen LogP contribution in [0.1, 0.15) is 20.8 Å². The van der Waals surface area contributed by atoms with Gasteiger partial charge in [0.1, 0.15) is 4.90 Å². The lowest BCUT2D eigenvalue weighted by molar-refractivity contribution is 0.473. The molecule has 102 valence electrons. The first kappa shape index (κ1) is 15.2. The molecule has 0 aliphatic heterocycles. The molecule has 0 saturated carbocycles. The van der Waals surface area contributed by atoms with Crippen LogP contribution < -0.4 is 10.5 Å². The summed E-state index contributed by atoms with van der Waals surface area (Å²) >= 11 is 5.58. The highest BCUT2D eigenvalue weighted by molar-refractivity contribution is 7.89. The van der Waals surface area contributed by atoms with Crippen molar-refractivity contribution < 1.29 is 12.8 Å². The lowest BCUT2D eigenvalue weighted by Crippen LogP contribution is -2.36. The third kappa shape index (κ3) is 3.34. The Morgan fingerprint density at radius 2 is 1.89 bits per heavy atom. The van der Waals surface area contributed by atoms with Crippen molar-refractivity contribution in [2.75, 3.05) is 5.73 Å². The molecule has 1 aromatic rings. The normalized spacial score (nSPS) is 13.9. The molecular formula is C11H16ClFN2O2S. The van der Waals surface area contributed by atoms with E-state index in [-0.39, 0.29) is 22.7 Å². The summed E-state index contributed by atoms with van der Waals surface area (Å²) in [5, 5.41) is -0.312. The molecule has 4 nitrogen and oxygen atoms in total. The Kier molecular flexibility index (Phi) is 4.58. The fourth-order valence-electron chi connectivity index (χ4n) is 1.22. The average Bonchev–Trinajstić information content (AvgIpc) is 2.22. The largest absolute Gasteiger partial charge is 0.399 e. The molecule has 1 atom stereocenters. The van der Waals surface area contributed by atoms with Crippen LogP contribution in [0.2, 0.25) is 5.02 Å². The number of rotatable bonds is 4. The van der Waals surface area contributed by atoms with Gasteiger partial charge in [-0.3, -0.25) is 0 Å². The van der Waals surface area contributed by atoms with Crippen LogP contribution in [0.5, 0.6) is 0 Å². The van der Waals surface area contributed by atoms with Crippen LogP contribution in [-0.2, 0) is 10.0 Å². The number of nitrogens with one attached hydrogen (secondary N) is 1. The summed E-state index contributed by atoms with van der Waals surface area (Å²) in [5.41, 5.74) is 5.57. The number of benzene rings is 1. The molecule has 0 aromatic heterocycles. The van der Waals surface area contributed by atoms with E-state index in [1.165, 1.54) is 6.07 Å². The Hall–Kier alpha value is -0.850. The van der Waals surface area contributed by atoms with Gasteiger partial charge in [0.05, 0.1) is 5.02 Å². The number of nitrogens with two attached hydrogens (primary N) is 1. The predicted octanol–water partition coefficient (Wildman–Crippen LogP) is 2.38. The first-order valence-corrected chi connectivity index (χ1v) is 7.28. The number of hydrogen-bond donors (Lipinski definition) is 2. The Bertz CT molecular complexity index is 546. The summed E-state index contributed by atoms with van der Waals surface area (Å²) in [6.07, 6.45) is 0. The fraction of sp³-hybridized carbons (Fsp3) is 0.455. The van der Waals surface area contributed by atoms with E-state index in [9.17, 15) is 12.8 Å². The van der Waals surface area contributed by atoms with Crippen LogP contribution in [0, 0.1) is 11.7 Å². The second-order valence-corrected chi connectivity index (χ2v) is 6.56. The van der Waals surface area contributed by atoms with Crippen molar-refractivity contribution in [3.05, 3.63) is 23.0 Å². The first-order chi connectivity index (χ1) is 8.15. The third-order valence-electron chi connectivity index (χ3n) is 2.65. The van der Waals surface area contributed by atoms with E-state index in [2.05, 4.69) is 4.72 Å². The summed E-state index contributed by atoms with van der Waals surface area (Å²) in [5.74, 6) is -0.909. The SMILES string of the molecule is CC(C)C(C)NS(=O)(=O)c1cc(N)cc(Cl)c1F. The first-order valence-electron chi connectivity index (χ1n) is 5.42. The topological polar surface area (TPSA) is 72.2 Å². The van der Waals surface area contributed by atoms with Gasteiger partial charge in [-0.2, -0.15) is 0 Å². The molecule has 7 heteroatoms. The molecule has 0 aliphatic rings. The van der Waals surface area contributed by atoms with Gasteiger partial charge in [-0.1, -0.05) is 25.4 Å². The molecule has 18 heavy (non-hydrogen) atoms. The Morgan fingerprint density at radius 3 is 2.39 bits per heavy atom. The van der Waals surface area contributed by atoms with Gasteiger partial charge in [-0.05, 0) is 25.0 Å². The maximum Gasteiger partial charge on any atom is 0.243 e. The Balaban J connectivity index is 3.21. The lowest BCUT2D eigenvalue weighted by atomic mass is 10.1. The number of nitrogen functional groups attached to an aromatic ring is 1. The summed E-state index contributed by atoms with van der Waals surface area (Å²) < 4.78 is 40.1. The van der Waals surface area contributed by atoms with Gasteiger partial charge in [0, 0.05) is 11.7 Å². The molecule has 1 rings (SSSR count). The van der Waals surface area contributed by atoms with Crippen LogP contribution in [0.4, 0.5) is 10.1 Å². The van der Waals surface area contributed by atoms with E-state index < -0.39 is 20.7 Å². The van der Waals surface area contributed by atoms with E-state index in [1.807, 2.05) is 13.8 Å². The van der Waals surface area contributed by atoms with Gasteiger partial charge in [0.15, 0.2) is 5.82 Å². The minimum Gasteiger partial charge on any atom is -0.399 e. The van der Waals surface area contributed by atoms with Gasteiger partial charge in [-0.25, -0.2) is 17.5 Å². The maximum absolute atomic E-state index is 13.7. The standard InChI is InChI=1S/C11H16ClFN2O2S/c1-6(2)7(3)15-18(16,17)10-5-8(14)4-9(12)11(10)13/h4-7,15H,14H2,1-3H3. The zero-order valence-corrected chi connectivity index (χ0v) is 11.9. The minimum atomic E-state index is -3.97. The van der Waals surface area contributed by atoms with Crippen LogP contribution >= 0.6 is 11.6 Å². The predicted molar refractivity (Wildman–Crippen MR) is 70.4 cm³/mol. The highest BCUT2D eigenvalue weighted by atomic mass is 35.5. The van der Waals surface area contributed by atoms with E-state index in [1.54, 1.807) is 6.92 Å². The molecule has 0 heterocycles. The Morgan fingerprint density at radius 1 is 1.33 bits per heavy atom. The molecule has 0 spiro atoms. The van der Waals surface area contributed by atoms with Crippen molar-refractivity contribution in [3.63, 3.8) is 0 Å². The molecule has 1 unspecified atom stereocenters. The Labute approximate surface area is 111 Å². The van der Waals surface area contributed by atoms with Crippen LogP contribution in [0.3, 0.4) is 0 Å². The zero-order chi connectivity index (χ0) is 14.1. The smallest absolute Gasteiger partial charge is 0.243 e. The molecule has 1 aromatic carbocycles. The van der Waals surface area contributed by atoms with Crippen molar-refractivity contribution in [1.29, 1.82) is 0 Å². The summed E-state index contributed by atoms with van der Waals surface area (Å²) in [6.45, 7) is 5.42. The molecule has 0 fully saturated rings. The van der Waals surface area contributed by atoms with Crippen molar-refractivity contribution in [3.8, 4) is 0 Å². The van der Waals surface area contributed by atoms with E-state index >= 15 is 0 Å². The van der Waals surface area contributed by atoms with Crippen molar-refractivity contribution in [1.82, 2.24) is 4.72 Å². The van der Waals surface area contributed by atoms with Gasteiger partial charge >= 0.3 is 0 Å².